The standard InChI is InChI=1S/C12H11Cl3N2S/c1-2-12-17-7(6-18-12)5-16-11-4-9(14)8(13)3-10(11)15/h3-4,6,16H,2,5H2,1H3. The molecule has 1 aromatic heterocycles. The van der Waals surface area contributed by atoms with Crippen LogP contribution in [-0.2, 0) is 13.0 Å². The van der Waals surface area contributed by atoms with Crippen LogP contribution in [0.2, 0.25) is 15.1 Å². The van der Waals surface area contributed by atoms with Gasteiger partial charge in [0.05, 0.1) is 38.0 Å². The fourth-order valence-corrected chi connectivity index (χ4v) is 2.79. The van der Waals surface area contributed by atoms with E-state index in [0.29, 0.717) is 21.6 Å². The molecule has 18 heavy (non-hydrogen) atoms. The number of aryl methyl sites for hydroxylation is 1. The van der Waals surface area contributed by atoms with Gasteiger partial charge in [0.15, 0.2) is 0 Å². The van der Waals surface area contributed by atoms with Crippen LogP contribution in [0.1, 0.15) is 17.6 Å². The molecule has 2 aromatic rings. The molecule has 96 valence electrons. The van der Waals surface area contributed by atoms with Crippen molar-refractivity contribution in [3.8, 4) is 0 Å². The molecule has 1 aromatic carbocycles. The Labute approximate surface area is 125 Å². The van der Waals surface area contributed by atoms with E-state index in [2.05, 4.69) is 17.2 Å². The third kappa shape index (κ3) is 3.29. The van der Waals surface area contributed by atoms with Gasteiger partial charge in [0, 0.05) is 5.38 Å². The lowest BCUT2D eigenvalue weighted by Crippen LogP contribution is -2.00. The van der Waals surface area contributed by atoms with Crippen molar-refractivity contribution >= 4 is 51.8 Å². The van der Waals surface area contributed by atoms with E-state index < -0.39 is 0 Å². The summed E-state index contributed by atoms with van der Waals surface area (Å²) in [5, 5.41) is 7.86. The Morgan fingerprint density at radius 2 is 1.89 bits per heavy atom. The molecule has 0 atom stereocenters. The SMILES string of the molecule is CCc1nc(CNc2cc(Cl)c(Cl)cc2Cl)cs1. The fraction of sp³-hybridized carbons (Fsp3) is 0.250. The molecule has 0 bridgehead atoms. The molecular formula is C12H11Cl3N2S. The first-order valence-corrected chi connectivity index (χ1v) is 7.43. The Morgan fingerprint density at radius 1 is 1.17 bits per heavy atom. The first-order valence-electron chi connectivity index (χ1n) is 5.42. The third-order valence-electron chi connectivity index (χ3n) is 2.37. The number of nitrogens with one attached hydrogen (secondary N) is 1. The zero-order valence-electron chi connectivity index (χ0n) is 9.64. The monoisotopic (exact) mass is 320 g/mol. The van der Waals surface area contributed by atoms with E-state index in [1.54, 1.807) is 23.5 Å². The number of hydrogen-bond acceptors (Lipinski definition) is 3. The summed E-state index contributed by atoms with van der Waals surface area (Å²) in [6.07, 6.45) is 0.957. The van der Waals surface area contributed by atoms with E-state index in [0.717, 1.165) is 22.8 Å². The van der Waals surface area contributed by atoms with Crippen molar-refractivity contribution in [2.75, 3.05) is 5.32 Å². The normalized spacial score (nSPS) is 10.7. The van der Waals surface area contributed by atoms with Crippen LogP contribution in [-0.4, -0.2) is 4.98 Å². The Morgan fingerprint density at radius 3 is 2.56 bits per heavy atom. The van der Waals surface area contributed by atoms with Gasteiger partial charge in [0.1, 0.15) is 0 Å². The molecule has 0 saturated carbocycles. The van der Waals surface area contributed by atoms with Gasteiger partial charge in [0.2, 0.25) is 0 Å². The van der Waals surface area contributed by atoms with Gasteiger partial charge in [-0.15, -0.1) is 11.3 Å². The maximum Gasteiger partial charge on any atom is 0.0926 e. The number of rotatable bonds is 4. The molecule has 2 rings (SSSR count). The molecule has 0 aliphatic rings. The number of nitrogens with zero attached hydrogens (tertiary/aromatic N) is 1. The van der Waals surface area contributed by atoms with E-state index in [-0.39, 0.29) is 0 Å². The Hall–Kier alpha value is -0.480. The quantitative estimate of drug-likeness (QED) is 0.775. The van der Waals surface area contributed by atoms with Crippen LogP contribution in [0.5, 0.6) is 0 Å². The fourth-order valence-electron chi connectivity index (χ4n) is 1.44. The van der Waals surface area contributed by atoms with Crippen LogP contribution >= 0.6 is 46.1 Å². The minimum Gasteiger partial charge on any atom is -0.378 e. The number of hydrogen-bond donors (Lipinski definition) is 1. The highest BCUT2D eigenvalue weighted by Gasteiger charge is 2.06. The van der Waals surface area contributed by atoms with Gasteiger partial charge < -0.3 is 5.32 Å². The van der Waals surface area contributed by atoms with Gasteiger partial charge in [-0.05, 0) is 18.6 Å². The van der Waals surface area contributed by atoms with Crippen molar-refractivity contribution in [1.82, 2.24) is 4.98 Å². The average Bonchev–Trinajstić information content (AvgIpc) is 2.80. The second-order valence-corrected chi connectivity index (χ2v) is 5.85. The highest BCUT2D eigenvalue weighted by molar-refractivity contribution is 7.09. The molecule has 1 N–H and O–H groups in total. The lowest BCUT2D eigenvalue weighted by Gasteiger charge is -2.08. The summed E-state index contributed by atoms with van der Waals surface area (Å²) in [6, 6.07) is 3.35. The summed E-state index contributed by atoms with van der Waals surface area (Å²) in [6.45, 7) is 2.71. The van der Waals surface area contributed by atoms with Crippen molar-refractivity contribution < 1.29 is 0 Å². The van der Waals surface area contributed by atoms with Crippen molar-refractivity contribution in [3.63, 3.8) is 0 Å². The minimum absolute atomic E-state index is 0.453. The van der Waals surface area contributed by atoms with Crippen LogP contribution in [0.4, 0.5) is 5.69 Å². The van der Waals surface area contributed by atoms with Gasteiger partial charge in [-0.2, -0.15) is 0 Å². The molecule has 0 aliphatic heterocycles. The molecule has 0 saturated heterocycles. The number of thiazole rings is 1. The third-order valence-corrected chi connectivity index (χ3v) is 4.45. The molecule has 0 spiro atoms. The van der Waals surface area contributed by atoms with Crippen molar-refractivity contribution in [1.29, 1.82) is 0 Å². The van der Waals surface area contributed by atoms with E-state index in [9.17, 15) is 0 Å². The average molecular weight is 322 g/mol. The number of halogens is 3. The minimum atomic E-state index is 0.453. The van der Waals surface area contributed by atoms with Gasteiger partial charge in [-0.25, -0.2) is 4.98 Å². The van der Waals surface area contributed by atoms with E-state index in [4.69, 9.17) is 34.8 Å². The first-order chi connectivity index (χ1) is 8.60. The highest BCUT2D eigenvalue weighted by Crippen LogP contribution is 2.32. The molecule has 0 fully saturated rings. The molecule has 1 heterocycles. The number of anilines is 1. The van der Waals surface area contributed by atoms with Crippen molar-refractivity contribution in [3.05, 3.63) is 43.3 Å². The molecular weight excluding hydrogens is 311 g/mol. The topological polar surface area (TPSA) is 24.9 Å². The molecule has 0 aliphatic carbocycles. The maximum atomic E-state index is 6.08. The largest absolute Gasteiger partial charge is 0.378 e. The zero-order valence-corrected chi connectivity index (χ0v) is 12.7. The molecule has 0 unspecified atom stereocenters. The maximum absolute atomic E-state index is 6.08. The van der Waals surface area contributed by atoms with Crippen LogP contribution in [0.3, 0.4) is 0 Å². The predicted octanol–water partition coefficient (Wildman–Crippen LogP) is 5.28. The zero-order chi connectivity index (χ0) is 13.1. The number of aromatic nitrogens is 1. The summed E-state index contributed by atoms with van der Waals surface area (Å²) in [5.74, 6) is 0. The van der Waals surface area contributed by atoms with Crippen LogP contribution in [0, 0.1) is 0 Å². The summed E-state index contributed by atoms with van der Waals surface area (Å²) in [4.78, 5) is 4.47. The highest BCUT2D eigenvalue weighted by atomic mass is 35.5. The van der Waals surface area contributed by atoms with E-state index >= 15 is 0 Å². The van der Waals surface area contributed by atoms with Crippen LogP contribution in [0.25, 0.3) is 0 Å². The lowest BCUT2D eigenvalue weighted by molar-refractivity contribution is 1.01. The summed E-state index contributed by atoms with van der Waals surface area (Å²) in [7, 11) is 0. The second-order valence-electron chi connectivity index (χ2n) is 3.69. The van der Waals surface area contributed by atoms with E-state index in [1.165, 1.54) is 0 Å². The van der Waals surface area contributed by atoms with Crippen LogP contribution < -0.4 is 5.32 Å². The summed E-state index contributed by atoms with van der Waals surface area (Å²) in [5.41, 5.74) is 1.76. The van der Waals surface area contributed by atoms with Crippen molar-refractivity contribution in [2.24, 2.45) is 0 Å². The van der Waals surface area contributed by atoms with Crippen molar-refractivity contribution in [2.45, 2.75) is 19.9 Å². The Kier molecular flexibility index (Phi) is 4.73. The molecule has 0 amide bonds. The predicted molar refractivity (Wildman–Crippen MR) is 80.3 cm³/mol. The smallest absolute Gasteiger partial charge is 0.0926 e. The van der Waals surface area contributed by atoms with Gasteiger partial charge in [-0.3, -0.25) is 0 Å². The Balaban J connectivity index is 2.08. The Bertz CT molecular complexity index is 554. The second kappa shape index (κ2) is 6.11. The summed E-state index contributed by atoms with van der Waals surface area (Å²) >= 11 is 19.6. The molecule has 2 nitrogen and oxygen atoms in total. The van der Waals surface area contributed by atoms with Crippen LogP contribution in [0.15, 0.2) is 17.5 Å². The molecule has 6 heteroatoms. The van der Waals surface area contributed by atoms with Gasteiger partial charge >= 0.3 is 0 Å². The number of benzene rings is 1. The molecule has 0 radical (unpaired) electrons. The summed E-state index contributed by atoms with van der Waals surface area (Å²) < 4.78 is 0. The van der Waals surface area contributed by atoms with Gasteiger partial charge in [0.25, 0.3) is 0 Å². The van der Waals surface area contributed by atoms with E-state index in [1.807, 2.05) is 5.38 Å². The lowest BCUT2D eigenvalue weighted by atomic mass is 10.3. The first kappa shape index (κ1) is 13.9. The van der Waals surface area contributed by atoms with Gasteiger partial charge in [-0.1, -0.05) is 41.7 Å².